The molecule has 1 aromatic carbocycles. The maximum Gasteiger partial charge on any atom is 0.138 e. The molecular formula is C18H24ClN3O2. The quantitative estimate of drug-likeness (QED) is 0.801. The third-order valence-corrected chi connectivity index (χ3v) is 4.77. The number of halogens is 1. The number of hydrogen-bond acceptors (Lipinski definition) is 5. The van der Waals surface area contributed by atoms with Crippen LogP contribution in [0.3, 0.4) is 0 Å². The lowest BCUT2D eigenvalue weighted by Crippen LogP contribution is -2.47. The van der Waals surface area contributed by atoms with Gasteiger partial charge in [0.2, 0.25) is 0 Å². The number of ether oxygens (including phenoxy) is 1. The Morgan fingerprint density at radius 3 is 2.38 bits per heavy atom. The molecule has 0 spiro atoms. The first-order chi connectivity index (χ1) is 11.6. The van der Waals surface area contributed by atoms with Crippen molar-refractivity contribution < 1.29 is 9.26 Å². The fourth-order valence-electron chi connectivity index (χ4n) is 2.95. The van der Waals surface area contributed by atoms with Gasteiger partial charge in [0.1, 0.15) is 18.1 Å². The molecule has 5 nitrogen and oxygen atoms in total. The average molecular weight is 350 g/mol. The monoisotopic (exact) mass is 349 g/mol. The van der Waals surface area contributed by atoms with E-state index in [4.69, 9.17) is 20.9 Å². The molecule has 24 heavy (non-hydrogen) atoms. The average Bonchev–Trinajstić information content (AvgIpc) is 2.90. The van der Waals surface area contributed by atoms with Gasteiger partial charge in [-0.25, -0.2) is 0 Å². The summed E-state index contributed by atoms with van der Waals surface area (Å²) in [5.41, 5.74) is 2.24. The number of nitrogens with zero attached hydrogens (tertiary/aromatic N) is 3. The molecule has 0 amide bonds. The van der Waals surface area contributed by atoms with E-state index in [1.165, 1.54) is 5.56 Å². The largest absolute Gasteiger partial charge is 0.492 e. The highest BCUT2D eigenvalue weighted by molar-refractivity contribution is 6.30. The molecule has 1 fully saturated rings. The summed E-state index contributed by atoms with van der Waals surface area (Å²) < 4.78 is 11.0. The van der Waals surface area contributed by atoms with Crippen molar-refractivity contribution in [2.45, 2.75) is 20.4 Å². The molecule has 0 atom stereocenters. The molecule has 1 saturated heterocycles. The summed E-state index contributed by atoms with van der Waals surface area (Å²) >= 11 is 5.87. The Labute approximate surface area is 148 Å². The molecule has 0 saturated carbocycles. The Balaban J connectivity index is 1.38. The highest BCUT2D eigenvalue weighted by atomic mass is 35.5. The van der Waals surface area contributed by atoms with Crippen molar-refractivity contribution in [3.63, 3.8) is 0 Å². The number of piperazine rings is 1. The van der Waals surface area contributed by atoms with Crippen LogP contribution in [0, 0.1) is 13.8 Å². The first-order valence-corrected chi connectivity index (χ1v) is 8.74. The summed E-state index contributed by atoms with van der Waals surface area (Å²) in [6.45, 7) is 10.8. The minimum absolute atomic E-state index is 0.700. The molecule has 0 unspecified atom stereocenters. The SMILES string of the molecule is Cc1noc(C)c1CN1CCN(CCOc2ccc(Cl)cc2)CC1. The summed E-state index contributed by atoms with van der Waals surface area (Å²) in [5.74, 6) is 1.81. The maximum atomic E-state index is 5.87. The fourth-order valence-corrected chi connectivity index (χ4v) is 3.07. The van der Waals surface area contributed by atoms with E-state index in [1.54, 1.807) is 0 Å². The molecule has 3 rings (SSSR count). The van der Waals surface area contributed by atoms with Crippen LogP contribution < -0.4 is 4.74 Å². The molecule has 0 N–H and O–H groups in total. The number of hydrogen-bond donors (Lipinski definition) is 0. The summed E-state index contributed by atoms with van der Waals surface area (Å²) in [4.78, 5) is 4.91. The molecule has 130 valence electrons. The summed E-state index contributed by atoms with van der Waals surface area (Å²) in [6, 6.07) is 7.52. The number of rotatable bonds is 6. The second-order valence-corrected chi connectivity index (χ2v) is 6.66. The summed E-state index contributed by atoms with van der Waals surface area (Å²) in [7, 11) is 0. The number of aromatic nitrogens is 1. The lowest BCUT2D eigenvalue weighted by molar-refractivity contribution is 0.112. The maximum absolute atomic E-state index is 5.87. The van der Waals surface area contributed by atoms with E-state index in [2.05, 4.69) is 15.0 Å². The molecular weight excluding hydrogens is 326 g/mol. The molecule has 1 aromatic heterocycles. The van der Waals surface area contributed by atoms with Gasteiger partial charge < -0.3 is 9.26 Å². The van der Waals surface area contributed by atoms with Crippen molar-refractivity contribution in [3.05, 3.63) is 46.3 Å². The topological polar surface area (TPSA) is 41.7 Å². The van der Waals surface area contributed by atoms with Gasteiger partial charge in [-0.15, -0.1) is 0 Å². The van der Waals surface area contributed by atoms with Gasteiger partial charge in [0.25, 0.3) is 0 Å². The van der Waals surface area contributed by atoms with Crippen LogP contribution in [0.5, 0.6) is 5.75 Å². The number of benzene rings is 1. The third kappa shape index (κ3) is 4.50. The van der Waals surface area contributed by atoms with Gasteiger partial charge in [0, 0.05) is 49.9 Å². The van der Waals surface area contributed by atoms with E-state index < -0.39 is 0 Å². The van der Waals surface area contributed by atoms with Crippen molar-refractivity contribution in [1.29, 1.82) is 0 Å². The Morgan fingerprint density at radius 2 is 1.75 bits per heavy atom. The Morgan fingerprint density at radius 1 is 1.08 bits per heavy atom. The van der Waals surface area contributed by atoms with Gasteiger partial charge in [0.15, 0.2) is 0 Å². The van der Waals surface area contributed by atoms with E-state index in [-0.39, 0.29) is 0 Å². The first kappa shape index (κ1) is 17.3. The fraction of sp³-hybridized carbons (Fsp3) is 0.500. The lowest BCUT2D eigenvalue weighted by Gasteiger charge is -2.34. The molecule has 0 aliphatic carbocycles. The second-order valence-electron chi connectivity index (χ2n) is 6.22. The Hall–Kier alpha value is -1.56. The van der Waals surface area contributed by atoms with Crippen molar-refractivity contribution >= 4 is 11.6 Å². The van der Waals surface area contributed by atoms with Crippen molar-refractivity contribution in [2.75, 3.05) is 39.3 Å². The Kier molecular flexibility index (Phi) is 5.76. The van der Waals surface area contributed by atoms with E-state index >= 15 is 0 Å². The minimum atomic E-state index is 0.700. The Bertz CT molecular complexity index is 629. The first-order valence-electron chi connectivity index (χ1n) is 8.36. The van der Waals surface area contributed by atoms with Gasteiger partial charge in [-0.3, -0.25) is 9.80 Å². The van der Waals surface area contributed by atoms with E-state index in [0.717, 1.165) is 61.5 Å². The van der Waals surface area contributed by atoms with E-state index in [1.807, 2.05) is 38.1 Å². The summed E-state index contributed by atoms with van der Waals surface area (Å²) in [6.07, 6.45) is 0. The zero-order valence-corrected chi connectivity index (χ0v) is 15.1. The zero-order chi connectivity index (χ0) is 16.9. The van der Waals surface area contributed by atoms with Crippen LogP contribution in [-0.4, -0.2) is 54.3 Å². The zero-order valence-electron chi connectivity index (χ0n) is 14.3. The molecule has 0 radical (unpaired) electrons. The molecule has 2 aromatic rings. The van der Waals surface area contributed by atoms with Gasteiger partial charge >= 0.3 is 0 Å². The van der Waals surface area contributed by atoms with Crippen LogP contribution in [0.1, 0.15) is 17.0 Å². The standard InChI is InChI=1S/C18H24ClN3O2/c1-14-18(15(2)24-20-14)13-22-9-7-21(8-10-22)11-12-23-17-5-3-16(19)4-6-17/h3-6H,7-13H2,1-2H3. The van der Waals surface area contributed by atoms with Crippen LogP contribution >= 0.6 is 11.6 Å². The van der Waals surface area contributed by atoms with E-state index in [9.17, 15) is 0 Å². The molecule has 1 aliphatic heterocycles. The van der Waals surface area contributed by atoms with Crippen LogP contribution in [0.4, 0.5) is 0 Å². The summed E-state index contributed by atoms with van der Waals surface area (Å²) in [5, 5.41) is 4.77. The predicted molar refractivity (Wildman–Crippen MR) is 94.6 cm³/mol. The minimum Gasteiger partial charge on any atom is -0.492 e. The van der Waals surface area contributed by atoms with Gasteiger partial charge in [-0.2, -0.15) is 0 Å². The molecule has 2 heterocycles. The van der Waals surface area contributed by atoms with Crippen molar-refractivity contribution in [3.8, 4) is 5.75 Å². The molecule has 0 bridgehead atoms. The smallest absolute Gasteiger partial charge is 0.138 e. The van der Waals surface area contributed by atoms with Gasteiger partial charge in [0.05, 0.1) is 5.69 Å². The highest BCUT2D eigenvalue weighted by Gasteiger charge is 2.19. The van der Waals surface area contributed by atoms with Crippen LogP contribution in [0.2, 0.25) is 5.02 Å². The lowest BCUT2D eigenvalue weighted by atomic mass is 10.2. The van der Waals surface area contributed by atoms with Crippen LogP contribution in [0.25, 0.3) is 0 Å². The van der Waals surface area contributed by atoms with E-state index in [0.29, 0.717) is 6.61 Å². The van der Waals surface area contributed by atoms with Crippen LogP contribution in [0.15, 0.2) is 28.8 Å². The normalized spacial score (nSPS) is 16.5. The predicted octanol–water partition coefficient (Wildman–Crippen LogP) is 3.14. The molecule has 6 heteroatoms. The van der Waals surface area contributed by atoms with Crippen LogP contribution in [-0.2, 0) is 6.54 Å². The highest BCUT2D eigenvalue weighted by Crippen LogP contribution is 2.17. The second kappa shape index (κ2) is 8.01. The number of aryl methyl sites for hydroxylation is 2. The van der Waals surface area contributed by atoms with Crippen molar-refractivity contribution in [1.82, 2.24) is 15.0 Å². The van der Waals surface area contributed by atoms with Crippen molar-refractivity contribution in [2.24, 2.45) is 0 Å². The van der Waals surface area contributed by atoms with Gasteiger partial charge in [-0.1, -0.05) is 16.8 Å². The van der Waals surface area contributed by atoms with Gasteiger partial charge in [-0.05, 0) is 38.1 Å². The third-order valence-electron chi connectivity index (χ3n) is 4.52. The molecule has 1 aliphatic rings.